The first-order valence-corrected chi connectivity index (χ1v) is 14.0. The lowest BCUT2D eigenvalue weighted by Gasteiger charge is -2.54. The van der Waals surface area contributed by atoms with Crippen molar-refractivity contribution < 1.29 is 14.3 Å². The Morgan fingerprint density at radius 2 is 1.89 bits per heavy atom. The highest BCUT2D eigenvalue weighted by Gasteiger charge is 2.48. The van der Waals surface area contributed by atoms with E-state index in [1.165, 1.54) is 32.1 Å². The molecular weight excluding hydrogens is 454 g/mol. The first kappa shape index (κ1) is 25.3. The highest BCUT2D eigenvalue weighted by atomic mass is 16.5. The van der Waals surface area contributed by atoms with Gasteiger partial charge < -0.3 is 20.7 Å². The van der Waals surface area contributed by atoms with Gasteiger partial charge in [-0.2, -0.15) is 5.10 Å². The zero-order valence-electron chi connectivity index (χ0n) is 22.3. The second-order valence-electron chi connectivity index (χ2n) is 12.4. The number of carbonyl (C=O) groups excluding carboxylic acids is 2. The second-order valence-corrected chi connectivity index (χ2v) is 12.4. The first-order chi connectivity index (χ1) is 17.2. The summed E-state index contributed by atoms with van der Waals surface area (Å²) in [6, 6.07) is 0.606. The van der Waals surface area contributed by atoms with Crippen molar-refractivity contribution in [2.45, 2.75) is 90.8 Å². The molecule has 0 aromatic carbocycles. The summed E-state index contributed by atoms with van der Waals surface area (Å²) in [6.45, 7) is 9.29. The fraction of sp³-hybridized carbons (Fsp3) is 0.750. The summed E-state index contributed by atoms with van der Waals surface area (Å²) >= 11 is 0. The molecule has 1 atom stereocenters. The first-order valence-electron chi connectivity index (χ1n) is 14.0. The molecule has 5 fully saturated rings. The smallest absolute Gasteiger partial charge is 0.258 e. The third-order valence-corrected chi connectivity index (χ3v) is 8.76. The summed E-state index contributed by atoms with van der Waals surface area (Å²) in [6.07, 6.45) is 13.7. The molecule has 0 radical (unpaired) electrons. The van der Waals surface area contributed by atoms with Gasteiger partial charge in [-0.05, 0) is 103 Å². The van der Waals surface area contributed by atoms with Crippen molar-refractivity contribution in [2.75, 3.05) is 13.1 Å². The van der Waals surface area contributed by atoms with Gasteiger partial charge in [0.2, 0.25) is 11.8 Å². The molecule has 5 aliphatic rings. The number of amides is 2. The van der Waals surface area contributed by atoms with Crippen molar-refractivity contribution in [1.29, 1.82) is 0 Å². The molecule has 3 N–H and O–H groups in total. The molecule has 0 unspecified atom stereocenters. The molecule has 6 rings (SSSR count). The number of hydrogen-bond acceptors (Lipinski definition) is 5. The molecule has 1 aromatic heterocycles. The largest absolute Gasteiger partial charge is 0.474 e. The lowest BCUT2D eigenvalue weighted by Crippen LogP contribution is -2.55. The summed E-state index contributed by atoms with van der Waals surface area (Å²) in [4.78, 5) is 26.3. The Hall–Kier alpha value is -2.35. The van der Waals surface area contributed by atoms with Crippen LogP contribution in [0.5, 0.6) is 5.88 Å². The van der Waals surface area contributed by atoms with Gasteiger partial charge in [0.25, 0.3) is 5.91 Å². The number of aromatic nitrogens is 2. The Balaban J connectivity index is 1.27. The maximum absolute atomic E-state index is 13.4. The van der Waals surface area contributed by atoms with Gasteiger partial charge >= 0.3 is 0 Å². The second kappa shape index (κ2) is 10.2. The van der Waals surface area contributed by atoms with E-state index in [9.17, 15) is 9.59 Å². The van der Waals surface area contributed by atoms with Crippen LogP contribution in [0.3, 0.4) is 0 Å². The fourth-order valence-electron chi connectivity index (χ4n) is 7.05. The maximum atomic E-state index is 13.4. The van der Waals surface area contributed by atoms with E-state index in [0.29, 0.717) is 35.9 Å². The van der Waals surface area contributed by atoms with E-state index in [1.54, 1.807) is 17.1 Å². The number of nitrogens with zero attached hydrogens (tertiary/aromatic N) is 2. The minimum absolute atomic E-state index is 0.0363. The summed E-state index contributed by atoms with van der Waals surface area (Å²) in [5.41, 5.74) is -0.278. The Bertz CT molecular complexity index is 963. The summed E-state index contributed by atoms with van der Waals surface area (Å²) in [5, 5.41) is 14.3. The van der Waals surface area contributed by atoms with Gasteiger partial charge in [-0.15, -0.1) is 0 Å². The van der Waals surface area contributed by atoms with Gasteiger partial charge in [0.05, 0.1) is 17.7 Å². The van der Waals surface area contributed by atoms with E-state index in [1.807, 2.05) is 33.8 Å². The molecule has 1 saturated heterocycles. The van der Waals surface area contributed by atoms with Crippen molar-refractivity contribution in [1.82, 2.24) is 25.7 Å². The molecule has 1 aliphatic heterocycles. The predicted octanol–water partition coefficient (Wildman–Crippen LogP) is 3.59. The van der Waals surface area contributed by atoms with E-state index in [-0.39, 0.29) is 24.0 Å². The van der Waals surface area contributed by atoms with Crippen molar-refractivity contribution in [3.05, 3.63) is 17.8 Å². The normalized spacial score (nSPS) is 31.4. The average Bonchev–Trinajstić information content (AvgIpc) is 3.47. The van der Waals surface area contributed by atoms with Gasteiger partial charge in [0.15, 0.2) is 0 Å². The van der Waals surface area contributed by atoms with Crippen LogP contribution < -0.4 is 20.7 Å². The Morgan fingerprint density at radius 1 is 1.19 bits per heavy atom. The fourth-order valence-corrected chi connectivity index (χ4v) is 7.05. The van der Waals surface area contributed by atoms with Crippen molar-refractivity contribution in [3.8, 4) is 5.88 Å². The number of rotatable bonds is 9. The quantitative estimate of drug-likeness (QED) is 0.484. The molecular formula is C28H43N5O3. The van der Waals surface area contributed by atoms with E-state index in [0.717, 1.165) is 31.2 Å². The SMILES string of the molecule is CC(C)Oc1c(C(=O)NC2C3CC4CC(C3)CC2C4)cnn1/C=C/C(C)(C)C(=O)NC[C@H]1CCCN1. The monoisotopic (exact) mass is 497 g/mol. The van der Waals surface area contributed by atoms with E-state index in [2.05, 4.69) is 21.0 Å². The van der Waals surface area contributed by atoms with Crippen LogP contribution in [0, 0.1) is 29.1 Å². The molecule has 8 nitrogen and oxygen atoms in total. The topological polar surface area (TPSA) is 97.3 Å². The Kier molecular flexibility index (Phi) is 7.16. The molecule has 8 heteroatoms. The number of carbonyl (C=O) groups is 2. The standard InChI is InChI=1S/C28H43N5O3/c1-17(2)36-26-23(25(34)32-24-20-11-18-10-19(13-20)14-21(24)12-18)16-31-33(26)9-7-28(3,4)27(35)30-15-22-6-5-8-29-22/h7,9,16-22,24,29H,5-6,8,10-15H2,1-4H3,(H,30,35)(H,32,34)/b9-7+/t18?,19?,20?,21?,22-,24?/m1/s1. The Labute approximate surface area is 215 Å². The molecule has 2 amide bonds. The molecule has 36 heavy (non-hydrogen) atoms. The number of hydrogen-bond donors (Lipinski definition) is 3. The maximum Gasteiger partial charge on any atom is 0.258 e. The lowest BCUT2D eigenvalue weighted by molar-refractivity contribution is -0.127. The van der Waals surface area contributed by atoms with E-state index < -0.39 is 5.41 Å². The molecule has 4 aliphatic carbocycles. The van der Waals surface area contributed by atoms with E-state index >= 15 is 0 Å². The van der Waals surface area contributed by atoms with Crippen molar-refractivity contribution >= 4 is 18.0 Å². The van der Waals surface area contributed by atoms with Crippen LogP contribution in [0.25, 0.3) is 6.20 Å². The number of nitrogens with one attached hydrogen (secondary N) is 3. The van der Waals surface area contributed by atoms with Gasteiger partial charge in [-0.1, -0.05) is 6.08 Å². The molecule has 198 valence electrons. The minimum Gasteiger partial charge on any atom is -0.474 e. The van der Waals surface area contributed by atoms with Crippen LogP contribution in [-0.4, -0.2) is 52.9 Å². The van der Waals surface area contributed by atoms with Crippen LogP contribution in [0.1, 0.15) is 83.0 Å². The lowest BCUT2D eigenvalue weighted by atomic mass is 9.54. The van der Waals surface area contributed by atoms with Gasteiger partial charge in [-0.25, -0.2) is 4.68 Å². The summed E-state index contributed by atoms with van der Waals surface area (Å²) in [7, 11) is 0. The molecule has 2 heterocycles. The predicted molar refractivity (Wildman–Crippen MR) is 139 cm³/mol. The molecule has 4 saturated carbocycles. The zero-order valence-corrected chi connectivity index (χ0v) is 22.3. The average molecular weight is 498 g/mol. The third kappa shape index (κ3) is 5.34. The zero-order chi connectivity index (χ0) is 25.4. The van der Waals surface area contributed by atoms with Crippen LogP contribution in [0.2, 0.25) is 0 Å². The van der Waals surface area contributed by atoms with Crippen LogP contribution >= 0.6 is 0 Å². The molecule has 0 spiro atoms. The third-order valence-electron chi connectivity index (χ3n) is 8.76. The number of ether oxygens (including phenoxy) is 1. The highest BCUT2D eigenvalue weighted by molar-refractivity contribution is 5.96. The van der Waals surface area contributed by atoms with Crippen molar-refractivity contribution in [2.24, 2.45) is 29.1 Å². The Morgan fingerprint density at radius 3 is 2.50 bits per heavy atom. The van der Waals surface area contributed by atoms with Crippen molar-refractivity contribution in [3.63, 3.8) is 0 Å². The van der Waals surface area contributed by atoms with Crippen LogP contribution in [-0.2, 0) is 4.79 Å². The molecule has 4 bridgehead atoms. The van der Waals surface area contributed by atoms with E-state index in [4.69, 9.17) is 4.74 Å². The van der Waals surface area contributed by atoms with Gasteiger partial charge in [-0.3, -0.25) is 9.59 Å². The summed E-state index contributed by atoms with van der Waals surface area (Å²) in [5.74, 6) is 3.22. The molecule has 1 aromatic rings. The highest BCUT2D eigenvalue weighted by Crippen LogP contribution is 2.53. The van der Waals surface area contributed by atoms with Gasteiger partial charge in [0.1, 0.15) is 5.56 Å². The minimum atomic E-state index is -0.734. The van der Waals surface area contributed by atoms with Crippen LogP contribution in [0.15, 0.2) is 12.3 Å². The summed E-state index contributed by atoms with van der Waals surface area (Å²) < 4.78 is 7.65. The van der Waals surface area contributed by atoms with Crippen LogP contribution in [0.4, 0.5) is 0 Å². The van der Waals surface area contributed by atoms with Gasteiger partial charge in [0, 0.05) is 24.8 Å².